The molecule has 1 aromatic carbocycles. The molecule has 1 aromatic rings. The number of thioether (sulfide) groups is 1. The first-order valence-corrected chi connectivity index (χ1v) is 6.90. The Balaban J connectivity index is 2.40. The number of rotatable bonds is 4. The number of ketones is 1. The van der Waals surface area contributed by atoms with Crippen molar-refractivity contribution in [1.82, 2.24) is 0 Å². The van der Waals surface area contributed by atoms with Crippen molar-refractivity contribution in [1.29, 1.82) is 0 Å². The van der Waals surface area contributed by atoms with Gasteiger partial charge in [0.25, 0.3) is 5.91 Å². The van der Waals surface area contributed by atoms with E-state index in [-0.39, 0.29) is 11.7 Å². The molecule has 0 aromatic heterocycles. The molecule has 0 bridgehead atoms. The highest BCUT2D eigenvalue weighted by atomic mass is 32.2. The lowest BCUT2D eigenvalue weighted by molar-refractivity contribution is -0.124. The normalized spacial score (nSPS) is 18.1. The van der Waals surface area contributed by atoms with Crippen molar-refractivity contribution in [3.05, 3.63) is 29.8 Å². The first kappa shape index (κ1) is 14.5. The smallest absolute Gasteiger partial charge is 0.252 e. The number of benzene rings is 1. The fourth-order valence-electron chi connectivity index (χ4n) is 1.89. The van der Waals surface area contributed by atoms with Crippen molar-refractivity contribution in [2.75, 3.05) is 19.1 Å². The number of carbonyl (C=O) groups excluding carboxylic acids is 2. The highest BCUT2D eigenvalue weighted by Crippen LogP contribution is 2.35. The molecular weight excluding hydrogens is 278 g/mol. The summed E-state index contributed by atoms with van der Waals surface area (Å²) in [5, 5.41) is 1.03. The van der Waals surface area contributed by atoms with Gasteiger partial charge in [0.05, 0.1) is 19.9 Å². The van der Waals surface area contributed by atoms with Gasteiger partial charge in [-0.3, -0.25) is 14.5 Å². The SMILES string of the molecule is COc1ccc(N2C=CSC(C(C)=O)C2=O)c(OC)c1. The van der Waals surface area contributed by atoms with E-state index in [0.29, 0.717) is 17.2 Å². The predicted molar refractivity (Wildman–Crippen MR) is 78.2 cm³/mol. The fourth-order valence-corrected chi connectivity index (χ4v) is 2.66. The van der Waals surface area contributed by atoms with Gasteiger partial charge in [-0.05, 0) is 24.5 Å². The van der Waals surface area contributed by atoms with E-state index in [1.807, 2.05) is 0 Å². The minimum absolute atomic E-state index is 0.165. The van der Waals surface area contributed by atoms with E-state index in [0.717, 1.165) is 0 Å². The minimum Gasteiger partial charge on any atom is -0.497 e. The van der Waals surface area contributed by atoms with Crippen LogP contribution < -0.4 is 14.4 Å². The molecule has 2 rings (SSSR count). The van der Waals surface area contributed by atoms with E-state index in [4.69, 9.17) is 9.47 Å². The number of anilines is 1. The summed E-state index contributed by atoms with van der Waals surface area (Å²) < 4.78 is 10.4. The van der Waals surface area contributed by atoms with Crippen LogP contribution in [0.3, 0.4) is 0 Å². The van der Waals surface area contributed by atoms with Gasteiger partial charge in [0.1, 0.15) is 16.7 Å². The molecule has 0 saturated heterocycles. The predicted octanol–water partition coefficient (Wildman–Crippen LogP) is 2.21. The standard InChI is InChI=1S/C14H15NO4S/c1-9(16)13-14(17)15(6-7-20-13)11-5-4-10(18-2)8-12(11)19-3/h4-8,13H,1-3H3. The number of Topliss-reactive ketones (excluding diaryl/α,β-unsaturated/α-hetero) is 1. The van der Waals surface area contributed by atoms with Crippen LogP contribution in [0.5, 0.6) is 11.5 Å². The lowest BCUT2D eigenvalue weighted by atomic mass is 10.2. The van der Waals surface area contributed by atoms with Crippen LogP contribution in [-0.2, 0) is 9.59 Å². The molecule has 0 radical (unpaired) electrons. The van der Waals surface area contributed by atoms with Gasteiger partial charge in [-0.1, -0.05) is 0 Å². The third kappa shape index (κ3) is 2.65. The second kappa shape index (κ2) is 6.00. The van der Waals surface area contributed by atoms with Crippen molar-refractivity contribution >= 4 is 29.1 Å². The summed E-state index contributed by atoms with van der Waals surface area (Å²) in [6, 6.07) is 5.16. The zero-order chi connectivity index (χ0) is 14.7. The summed E-state index contributed by atoms with van der Waals surface area (Å²) in [5.74, 6) is 0.711. The number of hydrogen-bond donors (Lipinski definition) is 0. The van der Waals surface area contributed by atoms with E-state index >= 15 is 0 Å². The molecule has 6 heteroatoms. The van der Waals surface area contributed by atoms with Gasteiger partial charge in [-0.15, -0.1) is 11.8 Å². The number of amides is 1. The maximum absolute atomic E-state index is 12.3. The molecule has 0 aliphatic carbocycles. The Morgan fingerprint density at radius 1 is 1.30 bits per heavy atom. The highest BCUT2D eigenvalue weighted by Gasteiger charge is 2.32. The van der Waals surface area contributed by atoms with Crippen LogP contribution in [0.4, 0.5) is 5.69 Å². The lowest BCUT2D eigenvalue weighted by Gasteiger charge is -2.27. The van der Waals surface area contributed by atoms with E-state index in [1.165, 1.54) is 30.7 Å². The molecule has 106 valence electrons. The number of carbonyl (C=O) groups is 2. The van der Waals surface area contributed by atoms with Gasteiger partial charge in [-0.25, -0.2) is 0 Å². The molecule has 1 unspecified atom stereocenters. The summed E-state index contributed by atoms with van der Waals surface area (Å²) in [4.78, 5) is 25.3. The number of ether oxygens (including phenoxy) is 2. The molecule has 1 amide bonds. The minimum atomic E-state index is -0.702. The zero-order valence-electron chi connectivity index (χ0n) is 11.5. The molecule has 1 aliphatic rings. The Bertz CT molecular complexity index is 570. The fraction of sp³-hybridized carbons (Fsp3) is 0.286. The van der Waals surface area contributed by atoms with Gasteiger partial charge in [-0.2, -0.15) is 0 Å². The molecule has 1 atom stereocenters. The number of hydrogen-bond acceptors (Lipinski definition) is 5. The summed E-state index contributed by atoms with van der Waals surface area (Å²) in [5.41, 5.74) is 0.584. The molecular formula is C14H15NO4S. The van der Waals surface area contributed by atoms with Crippen LogP contribution >= 0.6 is 11.8 Å². The average molecular weight is 293 g/mol. The van der Waals surface area contributed by atoms with Gasteiger partial charge in [0.15, 0.2) is 5.78 Å². The maximum atomic E-state index is 12.3. The average Bonchev–Trinajstić information content (AvgIpc) is 2.46. The van der Waals surface area contributed by atoms with Crippen LogP contribution in [-0.4, -0.2) is 31.2 Å². The third-order valence-corrected chi connectivity index (χ3v) is 3.99. The Kier molecular flexibility index (Phi) is 4.34. The topological polar surface area (TPSA) is 55.8 Å². The van der Waals surface area contributed by atoms with Crippen LogP contribution in [0.25, 0.3) is 0 Å². The quantitative estimate of drug-likeness (QED) is 0.797. The van der Waals surface area contributed by atoms with Crippen molar-refractivity contribution in [2.24, 2.45) is 0 Å². The second-order valence-corrected chi connectivity index (χ2v) is 5.17. The second-order valence-electron chi connectivity index (χ2n) is 4.16. The van der Waals surface area contributed by atoms with Crippen LogP contribution in [0.1, 0.15) is 6.92 Å². The molecule has 0 saturated carbocycles. The third-order valence-electron chi connectivity index (χ3n) is 2.90. The Hall–Kier alpha value is -1.95. The van der Waals surface area contributed by atoms with Crippen molar-refractivity contribution in [3.8, 4) is 11.5 Å². The van der Waals surface area contributed by atoms with Crippen molar-refractivity contribution in [3.63, 3.8) is 0 Å². The van der Waals surface area contributed by atoms with Gasteiger partial charge in [0.2, 0.25) is 0 Å². The van der Waals surface area contributed by atoms with Crippen LogP contribution in [0.2, 0.25) is 0 Å². The summed E-state index contributed by atoms with van der Waals surface area (Å²) >= 11 is 1.21. The lowest BCUT2D eigenvalue weighted by Crippen LogP contribution is -2.39. The molecule has 20 heavy (non-hydrogen) atoms. The van der Waals surface area contributed by atoms with E-state index < -0.39 is 5.25 Å². The number of methoxy groups -OCH3 is 2. The van der Waals surface area contributed by atoms with Gasteiger partial charge >= 0.3 is 0 Å². The van der Waals surface area contributed by atoms with Crippen LogP contribution in [0, 0.1) is 0 Å². The monoisotopic (exact) mass is 293 g/mol. The molecule has 1 heterocycles. The first-order valence-electron chi connectivity index (χ1n) is 5.96. The summed E-state index contributed by atoms with van der Waals surface area (Å²) in [6.07, 6.45) is 1.64. The van der Waals surface area contributed by atoms with Crippen molar-refractivity contribution in [2.45, 2.75) is 12.2 Å². The largest absolute Gasteiger partial charge is 0.497 e. The highest BCUT2D eigenvalue weighted by molar-refractivity contribution is 8.04. The molecule has 5 nitrogen and oxygen atoms in total. The van der Waals surface area contributed by atoms with Crippen molar-refractivity contribution < 1.29 is 19.1 Å². The molecule has 0 N–H and O–H groups in total. The molecule has 0 spiro atoms. The summed E-state index contributed by atoms with van der Waals surface area (Å²) in [7, 11) is 3.08. The molecule has 0 fully saturated rings. The maximum Gasteiger partial charge on any atom is 0.252 e. The first-order chi connectivity index (χ1) is 9.58. The Morgan fingerprint density at radius 3 is 2.65 bits per heavy atom. The zero-order valence-corrected chi connectivity index (χ0v) is 12.3. The van der Waals surface area contributed by atoms with E-state index in [1.54, 1.807) is 36.9 Å². The van der Waals surface area contributed by atoms with Crippen LogP contribution in [0.15, 0.2) is 29.8 Å². The van der Waals surface area contributed by atoms with E-state index in [2.05, 4.69) is 0 Å². The Morgan fingerprint density at radius 2 is 2.05 bits per heavy atom. The Labute approximate surface area is 121 Å². The number of nitrogens with zero attached hydrogens (tertiary/aromatic N) is 1. The van der Waals surface area contributed by atoms with Gasteiger partial charge in [0, 0.05) is 12.3 Å². The van der Waals surface area contributed by atoms with Gasteiger partial charge < -0.3 is 9.47 Å². The summed E-state index contributed by atoms with van der Waals surface area (Å²) in [6.45, 7) is 1.41. The van der Waals surface area contributed by atoms with E-state index in [9.17, 15) is 9.59 Å². The molecule has 1 aliphatic heterocycles.